The summed E-state index contributed by atoms with van der Waals surface area (Å²) in [7, 11) is 0. The molecule has 3 amide bonds. The first-order chi connectivity index (χ1) is 17.9. The van der Waals surface area contributed by atoms with Crippen molar-refractivity contribution in [3.05, 3.63) is 24.0 Å². The number of nitrogens with one attached hydrogen (secondary N) is 2. The van der Waals surface area contributed by atoms with Crippen molar-refractivity contribution >= 4 is 23.9 Å². The maximum Gasteiger partial charge on any atom is 0.408 e. The van der Waals surface area contributed by atoms with Gasteiger partial charge in [-0.25, -0.2) is 9.59 Å². The average molecular weight is 619 g/mol. The molecule has 0 aromatic carbocycles. The fourth-order valence-corrected chi connectivity index (χ4v) is 5.31. The number of carbonyl (C=O) groups excluding carboxylic acids is 3. The number of aryl methyl sites for hydroxylation is 1. The second-order valence-corrected chi connectivity index (χ2v) is 11.5. The molecule has 0 bridgehead atoms. The van der Waals surface area contributed by atoms with Gasteiger partial charge >= 0.3 is 12.1 Å². The van der Waals surface area contributed by atoms with E-state index >= 15 is 0 Å². The van der Waals surface area contributed by atoms with Crippen molar-refractivity contribution in [3.63, 3.8) is 0 Å². The molecule has 1 saturated carbocycles. The molecule has 211 valence electrons. The van der Waals surface area contributed by atoms with Crippen LogP contribution in [-0.4, -0.2) is 78.6 Å². The van der Waals surface area contributed by atoms with Gasteiger partial charge in [0.1, 0.15) is 23.2 Å². The molecule has 4 rings (SSSR count). The van der Waals surface area contributed by atoms with Gasteiger partial charge in [0.2, 0.25) is 11.8 Å². The summed E-state index contributed by atoms with van der Waals surface area (Å²) in [6, 6.07) is -2.19. The number of rotatable bonds is 3. The molecule has 2 fully saturated rings. The van der Waals surface area contributed by atoms with E-state index in [4.69, 9.17) is 4.74 Å². The summed E-state index contributed by atoms with van der Waals surface area (Å²) in [5.41, 5.74) is -1.47. The molecule has 1 radical (unpaired) electrons. The van der Waals surface area contributed by atoms with Gasteiger partial charge in [0.25, 0.3) is 0 Å². The minimum absolute atomic E-state index is 0. The summed E-state index contributed by atoms with van der Waals surface area (Å²) < 4.78 is 7.02. The monoisotopic (exact) mass is 618 g/mol. The molecule has 12 nitrogen and oxygen atoms in total. The largest absolute Gasteiger partial charge is 0.479 e. The van der Waals surface area contributed by atoms with Crippen LogP contribution < -0.4 is 10.6 Å². The van der Waals surface area contributed by atoms with Crippen LogP contribution in [0.25, 0.3) is 0 Å². The van der Waals surface area contributed by atoms with Crippen molar-refractivity contribution < 1.29 is 61.7 Å². The molecule has 3 N–H and O–H groups in total. The van der Waals surface area contributed by atoms with Crippen LogP contribution in [0.3, 0.4) is 0 Å². The molecule has 0 unspecified atom stereocenters. The number of nitrogens with zero attached hydrogens (tertiary/aromatic N) is 4. The third-order valence-electron chi connectivity index (χ3n) is 7.37. The average Bonchev–Trinajstić information content (AvgIpc) is 3.13. The van der Waals surface area contributed by atoms with E-state index in [2.05, 4.69) is 27.1 Å². The van der Waals surface area contributed by atoms with Crippen LogP contribution in [0.4, 0.5) is 4.79 Å². The Kier molecular flexibility index (Phi) is 9.96. The Morgan fingerprint density at radius 3 is 2.64 bits per heavy atom. The molecular formula is C26H37N6O6Y-. The van der Waals surface area contributed by atoms with E-state index in [-0.39, 0.29) is 57.6 Å². The van der Waals surface area contributed by atoms with Crippen LogP contribution in [0.2, 0.25) is 0 Å². The molecule has 1 aromatic heterocycles. The van der Waals surface area contributed by atoms with Crippen molar-refractivity contribution in [3.8, 4) is 0 Å². The zero-order valence-corrected chi connectivity index (χ0v) is 25.8. The Morgan fingerprint density at radius 2 is 2.00 bits per heavy atom. The van der Waals surface area contributed by atoms with E-state index in [9.17, 15) is 24.3 Å². The van der Waals surface area contributed by atoms with Gasteiger partial charge in [-0.2, -0.15) is 0 Å². The molecule has 39 heavy (non-hydrogen) atoms. The third kappa shape index (κ3) is 7.25. The molecule has 13 heteroatoms. The standard InChI is InChI=1S/C26H37N6O6.Y/c1-16-14-27-30-32(16)18-12-20-21(33)29-26(23(35)36)13-17(26)10-8-6-5-7-9-11-19(22(34)31(20)15-18)28-24(37)38-25(2,3)4;/h8,10,17-20H,5-7,9,11-13,15H2,1-4H3,(H,28,37)(H,29,33)(H,35,36);/q-1;/b10-8-;/t17-,18+,19-,20-,26+;/m0./s1. The molecule has 5 atom stereocenters. The zero-order valence-electron chi connectivity index (χ0n) is 23.0. The summed E-state index contributed by atoms with van der Waals surface area (Å²) in [5, 5.41) is 23.3. The van der Waals surface area contributed by atoms with E-state index in [0.29, 0.717) is 25.0 Å². The molecule has 0 spiro atoms. The maximum atomic E-state index is 13.9. The van der Waals surface area contributed by atoms with Crippen molar-refractivity contribution in [2.24, 2.45) is 5.92 Å². The number of hydrogen-bond acceptors (Lipinski definition) is 7. The normalized spacial score (nSPS) is 30.4. The van der Waals surface area contributed by atoms with Crippen LogP contribution in [0, 0.1) is 19.0 Å². The number of hydrogen-bond donors (Lipinski definition) is 3. The molecule has 1 aliphatic carbocycles. The predicted octanol–water partition coefficient (Wildman–Crippen LogP) is 1.90. The van der Waals surface area contributed by atoms with E-state index in [1.165, 1.54) is 4.90 Å². The quantitative estimate of drug-likeness (QED) is 0.343. The van der Waals surface area contributed by atoms with E-state index in [1.807, 2.05) is 12.2 Å². The number of ether oxygens (including phenoxy) is 1. The molecular weight excluding hydrogens is 581 g/mol. The number of aromatic nitrogens is 3. The summed E-state index contributed by atoms with van der Waals surface area (Å²) in [5.74, 6) is -2.34. The summed E-state index contributed by atoms with van der Waals surface area (Å²) in [6.45, 7) is 7.16. The fourth-order valence-electron chi connectivity index (χ4n) is 5.31. The van der Waals surface area contributed by atoms with Gasteiger partial charge in [0.05, 0.1) is 6.04 Å². The van der Waals surface area contributed by atoms with E-state index < -0.39 is 47.1 Å². The Morgan fingerprint density at radius 1 is 1.26 bits per heavy atom. The number of amides is 3. The minimum Gasteiger partial charge on any atom is -0.479 e. The van der Waals surface area contributed by atoms with Gasteiger partial charge in [0, 0.05) is 51.6 Å². The topological polar surface area (TPSA) is 156 Å². The van der Waals surface area contributed by atoms with Gasteiger partial charge in [-0.15, -0.1) is 10.9 Å². The van der Waals surface area contributed by atoms with Crippen LogP contribution in [-0.2, 0) is 51.8 Å². The first-order valence-corrected chi connectivity index (χ1v) is 13.2. The van der Waals surface area contributed by atoms with Gasteiger partial charge in [-0.1, -0.05) is 31.9 Å². The van der Waals surface area contributed by atoms with Gasteiger partial charge in [-0.3, -0.25) is 14.3 Å². The minimum atomic E-state index is -1.38. The van der Waals surface area contributed by atoms with E-state index in [1.54, 1.807) is 32.4 Å². The molecule has 3 aliphatic rings. The Labute approximate surface area is 253 Å². The molecule has 1 aromatic rings. The first kappa shape index (κ1) is 31.2. The summed E-state index contributed by atoms with van der Waals surface area (Å²) >= 11 is 0. The van der Waals surface area contributed by atoms with E-state index in [0.717, 1.165) is 19.3 Å². The van der Waals surface area contributed by atoms with Crippen LogP contribution >= 0.6 is 0 Å². The number of carboxylic acids is 1. The zero-order chi connectivity index (χ0) is 27.7. The van der Waals surface area contributed by atoms with Crippen LogP contribution in [0.1, 0.15) is 77.5 Å². The van der Waals surface area contributed by atoms with Crippen LogP contribution in [0.5, 0.6) is 0 Å². The first-order valence-electron chi connectivity index (χ1n) is 13.2. The maximum absolute atomic E-state index is 13.9. The number of allylic oxidation sites excluding steroid dienone is 1. The van der Waals surface area contributed by atoms with Crippen molar-refractivity contribution in [2.45, 2.75) is 102 Å². The molecule has 2 aliphatic heterocycles. The van der Waals surface area contributed by atoms with Gasteiger partial charge in [0.15, 0.2) is 0 Å². The summed E-state index contributed by atoms with van der Waals surface area (Å²) in [4.78, 5) is 53.7. The third-order valence-corrected chi connectivity index (χ3v) is 7.37. The number of fused-ring (bicyclic) bond motifs is 2. The Bertz CT molecular complexity index is 1120. The number of alkyl carbamates (subject to hydrolysis) is 1. The SMILES string of the molecule is Cc1[c-]nnn1[C@@H]1C[C@H]2C(=O)N[C@]3(C(=O)O)C[C@@H]3/C=C\CCCCC[C@H](NC(=O)OC(C)(C)C)C(=O)N2C1.[Y]. The Balaban J connectivity index is 0.00000420. The smallest absolute Gasteiger partial charge is 0.408 e. The van der Waals surface area contributed by atoms with Crippen molar-refractivity contribution in [1.29, 1.82) is 0 Å². The Hall–Kier alpha value is -2.34. The summed E-state index contributed by atoms with van der Waals surface area (Å²) in [6.07, 6.45) is 9.94. The van der Waals surface area contributed by atoms with Crippen molar-refractivity contribution in [2.75, 3.05) is 6.54 Å². The fraction of sp³-hybridized carbons (Fsp3) is 0.692. The second-order valence-electron chi connectivity index (χ2n) is 11.5. The van der Waals surface area contributed by atoms with Gasteiger partial charge in [-0.05, 0) is 46.5 Å². The predicted molar refractivity (Wildman–Crippen MR) is 135 cm³/mol. The number of carboxylic acid groups (broad SMARTS) is 1. The molecule has 1 saturated heterocycles. The van der Waals surface area contributed by atoms with Gasteiger partial charge < -0.3 is 36.7 Å². The number of carbonyl (C=O) groups is 4. The van der Waals surface area contributed by atoms with Crippen molar-refractivity contribution in [1.82, 2.24) is 30.5 Å². The number of aliphatic carboxylic acids is 1. The second kappa shape index (κ2) is 12.5. The molecule has 3 heterocycles. The van der Waals surface area contributed by atoms with Crippen LogP contribution in [0.15, 0.2) is 12.2 Å².